The summed E-state index contributed by atoms with van der Waals surface area (Å²) < 4.78 is 1.97. The first kappa shape index (κ1) is 20.3. The average molecular weight is 432 g/mol. The van der Waals surface area contributed by atoms with Gasteiger partial charge in [-0.25, -0.2) is 0 Å². The first-order valence-corrected chi connectivity index (χ1v) is 11.8. The zero-order valence-electron chi connectivity index (χ0n) is 16.4. The van der Waals surface area contributed by atoms with E-state index in [-0.39, 0.29) is 24.0 Å². The van der Waals surface area contributed by atoms with E-state index in [4.69, 9.17) is 5.73 Å². The lowest BCUT2D eigenvalue weighted by Gasteiger charge is -2.22. The maximum atomic E-state index is 13.1. The highest BCUT2D eigenvalue weighted by molar-refractivity contribution is 8.00. The Morgan fingerprint density at radius 2 is 2.03 bits per heavy atom. The van der Waals surface area contributed by atoms with E-state index in [0.29, 0.717) is 29.4 Å². The number of anilines is 1. The van der Waals surface area contributed by atoms with E-state index < -0.39 is 0 Å². The van der Waals surface area contributed by atoms with Gasteiger partial charge in [0.25, 0.3) is 0 Å². The smallest absolute Gasteiger partial charge is 0.237 e. The van der Waals surface area contributed by atoms with Crippen LogP contribution in [-0.2, 0) is 16.1 Å². The van der Waals surface area contributed by atoms with Crippen molar-refractivity contribution in [1.82, 2.24) is 14.8 Å². The van der Waals surface area contributed by atoms with E-state index in [1.165, 1.54) is 11.8 Å². The van der Waals surface area contributed by atoms with Crippen molar-refractivity contribution in [3.8, 4) is 0 Å². The summed E-state index contributed by atoms with van der Waals surface area (Å²) in [5.41, 5.74) is 6.32. The lowest BCUT2D eigenvalue weighted by Crippen LogP contribution is -2.33. The van der Waals surface area contributed by atoms with Gasteiger partial charge in [0.1, 0.15) is 5.82 Å². The third-order valence-corrected chi connectivity index (χ3v) is 7.33. The lowest BCUT2D eigenvalue weighted by molar-refractivity contribution is -0.118. The van der Waals surface area contributed by atoms with Crippen molar-refractivity contribution in [2.75, 3.05) is 17.2 Å². The molecule has 2 aromatic rings. The Kier molecular flexibility index (Phi) is 6.15. The summed E-state index contributed by atoms with van der Waals surface area (Å²) in [6.45, 7) is 3.38. The predicted octanol–water partition coefficient (Wildman–Crippen LogP) is 3.04. The largest absolute Gasteiger partial charge is 0.370 e. The minimum absolute atomic E-state index is 0.0644. The van der Waals surface area contributed by atoms with Gasteiger partial charge in [-0.05, 0) is 31.4 Å². The summed E-state index contributed by atoms with van der Waals surface area (Å²) in [5.74, 6) is 1.32. The lowest BCUT2D eigenvalue weighted by atomic mass is 10.2. The normalized spacial score (nSPS) is 18.9. The predicted molar refractivity (Wildman–Crippen MR) is 115 cm³/mol. The van der Waals surface area contributed by atoms with E-state index in [0.717, 1.165) is 35.7 Å². The van der Waals surface area contributed by atoms with E-state index in [2.05, 4.69) is 23.2 Å². The molecule has 1 atom stereocenters. The Hall–Kier alpha value is -2.00. The summed E-state index contributed by atoms with van der Waals surface area (Å²) in [6.07, 6.45) is 3.39. The summed E-state index contributed by atoms with van der Waals surface area (Å²) in [6, 6.07) is 8.09. The molecular formula is C20H25N5O2S2. The molecule has 0 bridgehead atoms. The number of para-hydroxylation sites is 1. The molecule has 0 spiro atoms. The molecule has 0 radical (unpaired) electrons. The number of carbonyl (C=O) groups excluding carboxylic acids is 2. The molecule has 9 heteroatoms. The molecular weight excluding hydrogens is 406 g/mol. The van der Waals surface area contributed by atoms with E-state index >= 15 is 0 Å². The molecule has 2 aliphatic rings. The van der Waals surface area contributed by atoms with Gasteiger partial charge in [0.2, 0.25) is 11.8 Å². The minimum atomic E-state index is -0.347. The summed E-state index contributed by atoms with van der Waals surface area (Å²) >= 11 is 3.21. The number of nitrogens with zero attached hydrogens (tertiary/aromatic N) is 4. The van der Waals surface area contributed by atoms with Crippen LogP contribution in [0.15, 0.2) is 34.3 Å². The molecule has 1 fully saturated rings. The number of benzene rings is 1. The Balaban J connectivity index is 1.48. The number of hydrogen-bond donors (Lipinski definition) is 1. The zero-order valence-corrected chi connectivity index (χ0v) is 18.0. The highest BCUT2D eigenvalue weighted by atomic mass is 32.2. The van der Waals surface area contributed by atoms with Crippen LogP contribution in [0.2, 0.25) is 0 Å². The maximum absolute atomic E-state index is 13.1. The SMILES string of the molecule is CC1CCN(C(=O)CSc2nnc(C3CC3)n2CCC(N)=O)c2ccccc2S1. The molecule has 1 unspecified atom stereocenters. The second kappa shape index (κ2) is 8.79. The number of primary amides is 1. The van der Waals surface area contributed by atoms with Gasteiger partial charge >= 0.3 is 0 Å². The topological polar surface area (TPSA) is 94.1 Å². The molecule has 2 N–H and O–H groups in total. The molecule has 1 aliphatic heterocycles. The van der Waals surface area contributed by atoms with Gasteiger partial charge in [-0.15, -0.1) is 22.0 Å². The molecule has 154 valence electrons. The van der Waals surface area contributed by atoms with Gasteiger partial charge in [0.05, 0.1) is 11.4 Å². The van der Waals surface area contributed by atoms with Crippen molar-refractivity contribution < 1.29 is 9.59 Å². The summed E-state index contributed by atoms with van der Waals surface area (Å²) in [7, 11) is 0. The van der Waals surface area contributed by atoms with Crippen LogP contribution < -0.4 is 10.6 Å². The molecule has 2 amide bonds. The molecule has 1 aromatic heterocycles. The molecule has 0 saturated heterocycles. The fourth-order valence-corrected chi connectivity index (χ4v) is 5.39. The summed E-state index contributed by atoms with van der Waals surface area (Å²) in [5, 5.41) is 9.77. The number of hydrogen-bond acceptors (Lipinski definition) is 6. The molecule has 29 heavy (non-hydrogen) atoms. The van der Waals surface area contributed by atoms with Crippen LogP contribution in [0.3, 0.4) is 0 Å². The van der Waals surface area contributed by atoms with Crippen molar-refractivity contribution in [3.63, 3.8) is 0 Å². The van der Waals surface area contributed by atoms with Crippen LogP contribution >= 0.6 is 23.5 Å². The highest BCUT2D eigenvalue weighted by Gasteiger charge is 2.31. The van der Waals surface area contributed by atoms with Crippen molar-refractivity contribution in [2.45, 2.75) is 60.4 Å². The Morgan fingerprint density at radius 1 is 1.24 bits per heavy atom. The zero-order chi connectivity index (χ0) is 20.4. The Labute approximate surface area is 178 Å². The number of nitrogens with two attached hydrogens (primary N) is 1. The first-order chi connectivity index (χ1) is 14.0. The van der Waals surface area contributed by atoms with Gasteiger partial charge in [-0.2, -0.15) is 0 Å². The fourth-order valence-electron chi connectivity index (χ4n) is 3.43. The number of thioether (sulfide) groups is 2. The van der Waals surface area contributed by atoms with Crippen molar-refractivity contribution in [2.24, 2.45) is 5.73 Å². The van der Waals surface area contributed by atoms with Crippen LogP contribution in [0.5, 0.6) is 0 Å². The van der Waals surface area contributed by atoms with Gasteiger partial charge in [0.15, 0.2) is 5.16 Å². The quantitative estimate of drug-likeness (QED) is 0.677. The number of aromatic nitrogens is 3. The number of rotatable bonds is 7. The third kappa shape index (κ3) is 4.78. The van der Waals surface area contributed by atoms with Crippen LogP contribution in [0.4, 0.5) is 5.69 Å². The highest BCUT2D eigenvalue weighted by Crippen LogP contribution is 2.40. The third-order valence-electron chi connectivity index (χ3n) is 5.14. The second-order valence-corrected chi connectivity index (χ2v) is 9.92. The standard InChI is InChI=1S/C20H25N5O2S2/c1-13-8-10-24(15-4-2-3-5-16(15)29-13)18(27)12-28-20-23-22-19(14-6-7-14)25(20)11-9-17(21)26/h2-5,13-14H,6-12H2,1H3,(H2,21,26). The van der Waals surface area contributed by atoms with Crippen LogP contribution in [0.25, 0.3) is 0 Å². The monoisotopic (exact) mass is 431 g/mol. The Bertz CT molecular complexity index is 912. The van der Waals surface area contributed by atoms with E-state index in [9.17, 15) is 9.59 Å². The van der Waals surface area contributed by atoms with E-state index in [1.54, 1.807) is 0 Å². The first-order valence-electron chi connectivity index (χ1n) is 9.93. The number of carbonyl (C=O) groups is 2. The molecule has 2 heterocycles. The second-order valence-electron chi connectivity index (χ2n) is 7.50. The maximum Gasteiger partial charge on any atom is 0.237 e. The van der Waals surface area contributed by atoms with Crippen molar-refractivity contribution in [1.29, 1.82) is 0 Å². The molecule has 1 aromatic carbocycles. The van der Waals surface area contributed by atoms with Crippen LogP contribution in [-0.4, -0.2) is 44.1 Å². The fraction of sp³-hybridized carbons (Fsp3) is 0.500. The Morgan fingerprint density at radius 3 is 2.79 bits per heavy atom. The van der Waals surface area contributed by atoms with Gasteiger partial charge in [0, 0.05) is 35.6 Å². The van der Waals surface area contributed by atoms with Crippen LogP contribution in [0.1, 0.15) is 44.3 Å². The van der Waals surface area contributed by atoms with Gasteiger partial charge in [-0.3, -0.25) is 9.59 Å². The van der Waals surface area contributed by atoms with Crippen molar-refractivity contribution in [3.05, 3.63) is 30.1 Å². The average Bonchev–Trinajstić information content (AvgIpc) is 3.48. The molecule has 4 rings (SSSR count). The van der Waals surface area contributed by atoms with Gasteiger partial charge < -0.3 is 15.2 Å². The number of fused-ring (bicyclic) bond motifs is 1. The molecule has 1 aliphatic carbocycles. The summed E-state index contributed by atoms with van der Waals surface area (Å²) in [4.78, 5) is 27.4. The van der Waals surface area contributed by atoms with E-state index in [1.807, 2.05) is 39.4 Å². The van der Waals surface area contributed by atoms with Crippen molar-refractivity contribution >= 4 is 41.0 Å². The van der Waals surface area contributed by atoms with Crippen LogP contribution in [0, 0.1) is 0 Å². The van der Waals surface area contributed by atoms with Gasteiger partial charge in [-0.1, -0.05) is 30.8 Å². The minimum Gasteiger partial charge on any atom is -0.370 e. The molecule has 1 saturated carbocycles. The molecule has 7 nitrogen and oxygen atoms in total. The number of amides is 2.